The van der Waals surface area contributed by atoms with Gasteiger partial charge in [0.2, 0.25) is 0 Å². The lowest BCUT2D eigenvalue weighted by atomic mass is 10.1. The fraction of sp³-hybridized carbons (Fsp3) is 0.333. The van der Waals surface area contributed by atoms with Crippen LogP contribution in [0.3, 0.4) is 0 Å². The highest BCUT2D eigenvalue weighted by molar-refractivity contribution is 7.14. The monoisotopic (exact) mass is 453 g/mol. The number of thiazole rings is 1. The van der Waals surface area contributed by atoms with Gasteiger partial charge in [0.05, 0.1) is 19.0 Å². The molecule has 10 nitrogen and oxygen atoms in total. The van der Waals surface area contributed by atoms with Gasteiger partial charge in [-0.2, -0.15) is 5.10 Å². The van der Waals surface area contributed by atoms with Gasteiger partial charge < -0.3 is 30.3 Å². The molecule has 0 radical (unpaired) electrons. The van der Waals surface area contributed by atoms with Gasteiger partial charge in [-0.1, -0.05) is 6.07 Å². The number of aliphatic hydroxyl groups is 1. The summed E-state index contributed by atoms with van der Waals surface area (Å²) in [6.07, 6.45) is 0.714. The number of hydrogen-bond donors (Lipinski definition) is 3. The van der Waals surface area contributed by atoms with Gasteiger partial charge in [-0.25, -0.2) is 4.98 Å². The number of hydrogen-bond acceptors (Lipinski definition) is 10. The molecule has 3 N–H and O–H groups in total. The minimum absolute atomic E-state index is 0.286. The van der Waals surface area contributed by atoms with Crippen LogP contribution in [0.5, 0.6) is 5.75 Å². The second-order valence-electron chi connectivity index (χ2n) is 7.54. The predicted molar refractivity (Wildman–Crippen MR) is 121 cm³/mol. The average Bonchev–Trinajstić information content (AvgIpc) is 3.45. The number of rotatable bonds is 5. The highest BCUT2D eigenvalue weighted by Gasteiger charge is 2.31. The Morgan fingerprint density at radius 1 is 1.31 bits per heavy atom. The zero-order valence-corrected chi connectivity index (χ0v) is 18.3. The Hall–Kier alpha value is -3.28. The van der Waals surface area contributed by atoms with Gasteiger partial charge in [0.15, 0.2) is 17.2 Å². The molecular formula is C21H23N7O3S. The third-order valence-corrected chi connectivity index (χ3v) is 6.48. The zero-order chi connectivity index (χ0) is 22.1. The number of aromatic nitrogens is 3. The maximum absolute atomic E-state index is 12.9. The highest BCUT2D eigenvalue weighted by atomic mass is 32.1. The molecule has 5 rings (SSSR count). The van der Waals surface area contributed by atoms with Crippen molar-refractivity contribution in [2.24, 2.45) is 0 Å². The lowest BCUT2D eigenvalue weighted by Gasteiger charge is -2.29. The Balaban J connectivity index is 1.32. The van der Waals surface area contributed by atoms with Crippen molar-refractivity contribution < 1.29 is 14.6 Å². The van der Waals surface area contributed by atoms with Crippen molar-refractivity contribution in [3.8, 4) is 5.75 Å². The molecule has 32 heavy (non-hydrogen) atoms. The van der Waals surface area contributed by atoms with Crippen LogP contribution < -0.4 is 25.2 Å². The Morgan fingerprint density at radius 2 is 2.16 bits per heavy atom. The molecule has 2 aliphatic heterocycles. The largest absolute Gasteiger partial charge is 0.497 e. The number of amides is 1. The Kier molecular flexibility index (Phi) is 5.60. The quantitative estimate of drug-likeness (QED) is 0.530. The van der Waals surface area contributed by atoms with Crippen LogP contribution in [-0.2, 0) is 6.54 Å². The first kappa shape index (κ1) is 20.6. The molecule has 0 aliphatic carbocycles. The molecule has 2 aliphatic rings. The second-order valence-corrected chi connectivity index (χ2v) is 8.38. The van der Waals surface area contributed by atoms with Crippen LogP contribution in [0, 0.1) is 0 Å². The van der Waals surface area contributed by atoms with Crippen molar-refractivity contribution in [1.29, 1.82) is 0 Å². The van der Waals surface area contributed by atoms with Crippen LogP contribution in [0.2, 0.25) is 0 Å². The SMILES string of the molecule is COc1ccc2c(c1)C(O)N(c1nc(C(=O)Nc3ccnnc3N3CCNCC3)cs1)C2. The summed E-state index contributed by atoms with van der Waals surface area (Å²) in [6, 6.07) is 7.38. The number of fused-ring (bicyclic) bond motifs is 1. The lowest BCUT2D eigenvalue weighted by Crippen LogP contribution is -2.44. The predicted octanol–water partition coefficient (Wildman–Crippen LogP) is 1.61. The van der Waals surface area contributed by atoms with Crippen LogP contribution in [0.1, 0.15) is 27.8 Å². The summed E-state index contributed by atoms with van der Waals surface area (Å²) >= 11 is 1.32. The first-order valence-electron chi connectivity index (χ1n) is 10.3. The third-order valence-electron chi connectivity index (χ3n) is 5.60. The number of ether oxygens (including phenoxy) is 1. The molecule has 0 spiro atoms. The highest BCUT2D eigenvalue weighted by Crippen LogP contribution is 2.38. The van der Waals surface area contributed by atoms with Crippen molar-refractivity contribution in [1.82, 2.24) is 20.5 Å². The molecule has 1 amide bonds. The van der Waals surface area contributed by atoms with E-state index in [0.717, 1.165) is 37.3 Å². The number of benzene rings is 1. The molecule has 1 saturated heterocycles. The number of methoxy groups -OCH3 is 1. The molecule has 3 aromatic rings. The number of carbonyl (C=O) groups is 1. The van der Waals surface area contributed by atoms with Crippen molar-refractivity contribution >= 4 is 33.9 Å². The molecule has 1 unspecified atom stereocenters. The Labute approximate surface area is 188 Å². The van der Waals surface area contributed by atoms with Crippen molar-refractivity contribution in [3.63, 3.8) is 0 Å². The fourth-order valence-corrected chi connectivity index (χ4v) is 4.74. The number of piperazine rings is 1. The van der Waals surface area contributed by atoms with Gasteiger partial charge in [0.25, 0.3) is 5.91 Å². The Morgan fingerprint density at radius 3 is 2.97 bits per heavy atom. The maximum Gasteiger partial charge on any atom is 0.275 e. The molecule has 1 aromatic carbocycles. The first-order chi connectivity index (χ1) is 15.6. The summed E-state index contributed by atoms with van der Waals surface area (Å²) in [6.45, 7) is 3.80. The zero-order valence-electron chi connectivity index (χ0n) is 17.5. The smallest absolute Gasteiger partial charge is 0.275 e. The van der Waals surface area contributed by atoms with Crippen molar-refractivity contribution in [3.05, 3.63) is 52.7 Å². The van der Waals surface area contributed by atoms with Gasteiger partial charge >= 0.3 is 0 Å². The summed E-state index contributed by atoms with van der Waals surface area (Å²) in [7, 11) is 1.60. The third kappa shape index (κ3) is 3.85. The number of nitrogens with zero attached hydrogens (tertiary/aromatic N) is 5. The standard InChI is InChI=1S/C21H23N7O3S/c1-31-14-3-2-13-11-28(20(30)15(13)10-14)21-25-17(12-32-21)19(29)24-16-4-5-23-26-18(16)27-8-6-22-7-9-27/h2-5,10,12,20,22,30H,6-9,11H2,1H3,(H,23,24,29). The molecule has 11 heteroatoms. The van der Waals surface area contributed by atoms with E-state index in [9.17, 15) is 9.90 Å². The molecule has 0 bridgehead atoms. The van der Waals surface area contributed by atoms with Gasteiger partial charge in [0, 0.05) is 43.7 Å². The van der Waals surface area contributed by atoms with Gasteiger partial charge in [0.1, 0.15) is 11.4 Å². The van der Waals surface area contributed by atoms with Crippen molar-refractivity contribution in [2.75, 3.05) is 48.4 Å². The fourth-order valence-electron chi connectivity index (χ4n) is 3.91. The van der Waals surface area contributed by atoms with E-state index in [0.29, 0.717) is 28.9 Å². The van der Waals surface area contributed by atoms with E-state index < -0.39 is 6.23 Å². The summed E-state index contributed by atoms with van der Waals surface area (Å²) in [5.41, 5.74) is 2.67. The van der Waals surface area contributed by atoms with Crippen LogP contribution in [0.15, 0.2) is 35.8 Å². The molecule has 1 fully saturated rings. The van der Waals surface area contributed by atoms with E-state index >= 15 is 0 Å². The van der Waals surface area contributed by atoms with Crippen molar-refractivity contribution in [2.45, 2.75) is 12.8 Å². The molecule has 1 atom stereocenters. The topological polar surface area (TPSA) is 116 Å². The summed E-state index contributed by atoms with van der Waals surface area (Å²) < 4.78 is 5.26. The maximum atomic E-state index is 12.9. The van der Waals surface area contributed by atoms with E-state index in [1.54, 1.807) is 29.7 Å². The van der Waals surface area contributed by atoms with E-state index in [1.165, 1.54) is 11.3 Å². The van der Waals surface area contributed by atoms with E-state index in [-0.39, 0.29) is 11.6 Å². The van der Waals surface area contributed by atoms with E-state index in [2.05, 4.69) is 30.7 Å². The summed E-state index contributed by atoms with van der Waals surface area (Å²) in [5.74, 6) is 1.01. The van der Waals surface area contributed by atoms with Crippen LogP contribution in [-0.4, -0.2) is 59.5 Å². The minimum Gasteiger partial charge on any atom is -0.497 e. The summed E-state index contributed by atoms with van der Waals surface area (Å²) in [4.78, 5) is 21.3. The van der Waals surface area contributed by atoms with Crippen LogP contribution in [0.4, 0.5) is 16.6 Å². The minimum atomic E-state index is -0.842. The molecular weight excluding hydrogens is 430 g/mol. The Bertz CT molecular complexity index is 1130. The van der Waals surface area contributed by atoms with Crippen LogP contribution in [0.25, 0.3) is 0 Å². The average molecular weight is 454 g/mol. The number of anilines is 3. The number of aliphatic hydroxyl groups excluding tert-OH is 1. The van der Waals surface area contributed by atoms with Gasteiger partial charge in [-0.15, -0.1) is 16.4 Å². The van der Waals surface area contributed by atoms with Crippen LogP contribution >= 0.6 is 11.3 Å². The molecule has 0 saturated carbocycles. The molecule has 4 heterocycles. The number of carbonyl (C=O) groups excluding carboxylic acids is 1. The van der Waals surface area contributed by atoms with Gasteiger partial charge in [-0.3, -0.25) is 4.79 Å². The summed E-state index contributed by atoms with van der Waals surface area (Å²) in [5, 5.41) is 27.5. The second kappa shape index (κ2) is 8.69. The number of nitrogens with one attached hydrogen (secondary N) is 2. The lowest BCUT2D eigenvalue weighted by molar-refractivity contribution is 0.102. The van der Waals surface area contributed by atoms with Gasteiger partial charge in [-0.05, 0) is 23.8 Å². The molecule has 2 aromatic heterocycles. The van der Waals surface area contributed by atoms with E-state index in [1.807, 2.05) is 18.2 Å². The first-order valence-corrected chi connectivity index (χ1v) is 11.2. The normalized spacial score (nSPS) is 17.9. The molecule has 166 valence electrons. The van der Waals surface area contributed by atoms with E-state index in [4.69, 9.17) is 4.74 Å².